The number of rotatable bonds is 4. The van der Waals surface area contributed by atoms with Crippen LogP contribution in [0.5, 0.6) is 0 Å². The second kappa shape index (κ2) is 8.48. The van der Waals surface area contributed by atoms with Crippen molar-refractivity contribution in [2.45, 2.75) is 6.18 Å². The zero-order valence-electron chi connectivity index (χ0n) is 15.5. The van der Waals surface area contributed by atoms with Crippen molar-refractivity contribution in [3.63, 3.8) is 0 Å². The molecule has 7 heteroatoms. The first-order valence-electron chi connectivity index (χ1n) is 9.01. The van der Waals surface area contributed by atoms with Gasteiger partial charge < -0.3 is 15.1 Å². The summed E-state index contributed by atoms with van der Waals surface area (Å²) in [6.45, 7) is 3.95. The van der Waals surface area contributed by atoms with Gasteiger partial charge in [-0.25, -0.2) is 0 Å². The number of hydrogen-bond donors (Lipinski definition) is 1. The number of benzene rings is 2. The van der Waals surface area contributed by atoms with Gasteiger partial charge in [-0.05, 0) is 55.1 Å². The standard InChI is InChI=1S/C21H22F3N3O/c1-26-11-13-27(14-12-26)19-8-6-18(7-9-19)25-20(28)10-5-16-3-2-4-17(15-16)21(22,23)24/h2-10,15H,11-14H2,1H3,(H,25,28)/b10-5+. The van der Waals surface area contributed by atoms with Crippen molar-refractivity contribution in [3.8, 4) is 0 Å². The van der Waals surface area contributed by atoms with Gasteiger partial charge in [-0.2, -0.15) is 13.2 Å². The smallest absolute Gasteiger partial charge is 0.369 e. The number of nitrogens with zero attached hydrogens (tertiary/aromatic N) is 2. The minimum atomic E-state index is -4.41. The molecule has 0 aliphatic carbocycles. The van der Waals surface area contributed by atoms with E-state index in [1.54, 1.807) is 0 Å². The van der Waals surface area contributed by atoms with Crippen molar-refractivity contribution in [2.24, 2.45) is 0 Å². The van der Waals surface area contributed by atoms with Crippen molar-refractivity contribution in [2.75, 3.05) is 43.4 Å². The van der Waals surface area contributed by atoms with E-state index >= 15 is 0 Å². The second-order valence-corrected chi connectivity index (χ2v) is 6.78. The number of piperazine rings is 1. The van der Waals surface area contributed by atoms with Crippen LogP contribution in [0.25, 0.3) is 6.08 Å². The molecule has 28 heavy (non-hydrogen) atoms. The van der Waals surface area contributed by atoms with E-state index in [2.05, 4.69) is 22.2 Å². The fourth-order valence-electron chi connectivity index (χ4n) is 2.99. The summed E-state index contributed by atoms with van der Waals surface area (Å²) in [5.41, 5.74) is 1.31. The van der Waals surface area contributed by atoms with Crippen molar-refractivity contribution in [1.82, 2.24) is 4.90 Å². The Kier molecular flexibility index (Phi) is 6.04. The molecule has 1 aliphatic heterocycles. The molecule has 0 bridgehead atoms. The molecule has 1 aliphatic rings. The molecule has 0 aromatic heterocycles. The molecular weight excluding hydrogens is 367 g/mol. The monoisotopic (exact) mass is 389 g/mol. The quantitative estimate of drug-likeness (QED) is 0.800. The fourth-order valence-corrected chi connectivity index (χ4v) is 2.99. The molecule has 0 spiro atoms. The van der Waals surface area contributed by atoms with Crippen LogP contribution < -0.4 is 10.2 Å². The van der Waals surface area contributed by atoms with Crippen LogP contribution in [0.1, 0.15) is 11.1 Å². The average molecular weight is 389 g/mol. The van der Waals surface area contributed by atoms with Gasteiger partial charge in [0.1, 0.15) is 0 Å². The Labute approximate surface area is 162 Å². The molecule has 3 rings (SSSR count). The molecule has 2 aromatic carbocycles. The van der Waals surface area contributed by atoms with E-state index in [1.165, 1.54) is 24.3 Å². The van der Waals surface area contributed by atoms with Crippen LogP contribution in [0.3, 0.4) is 0 Å². The molecule has 1 saturated heterocycles. The summed E-state index contributed by atoms with van der Waals surface area (Å²) in [5.74, 6) is -0.398. The summed E-state index contributed by atoms with van der Waals surface area (Å²) in [6.07, 6.45) is -1.81. The third-order valence-corrected chi connectivity index (χ3v) is 4.64. The van der Waals surface area contributed by atoms with E-state index in [9.17, 15) is 18.0 Å². The maximum Gasteiger partial charge on any atom is 0.416 e. The number of carbonyl (C=O) groups is 1. The summed E-state index contributed by atoms with van der Waals surface area (Å²) in [4.78, 5) is 16.6. The Balaban J connectivity index is 1.58. The summed E-state index contributed by atoms with van der Waals surface area (Å²) >= 11 is 0. The highest BCUT2D eigenvalue weighted by Gasteiger charge is 2.30. The van der Waals surface area contributed by atoms with Crippen LogP contribution in [0.15, 0.2) is 54.6 Å². The number of halogens is 3. The normalized spacial score (nSPS) is 15.8. The molecular formula is C21H22F3N3O. The highest BCUT2D eigenvalue weighted by molar-refractivity contribution is 6.02. The zero-order chi connectivity index (χ0) is 20.1. The molecule has 1 N–H and O–H groups in total. The Hall–Kier alpha value is -2.80. The molecule has 4 nitrogen and oxygen atoms in total. The van der Waals surface area contributed by atoms with Crippen LogP contribution in [0.2, 0.25) is 0 Å². The first-order valence-corrected chi connectivity index (χ1v) is 9.01. The van der Waals surface area contributed by atoms with Crippen LogP contribution in [0, 0.1) is 0 Å². The number of nitrogens with one attached hydrogen (secondary N) is 1. The molecule has 148 valence electrons. The van der Waals surface area contributed by atoms with E-state index in [-0.39, 0.29) is 0 Å². The van der Waals surface area contributed by atoms with Crippen molar-refractivity contribution in [1.29, 1.82) is 0 Å². The molecule has 1 amide bonds. The number of anilines is 2. The predicted molar refractivity (Wildman–Crippen MR) is 105 cm³/mol. The van der Waals surface area contributed by atoms with Crippen LogP contribution in [-0.2, 0) is 11.0 Å². The molecule has 2 aromatic rings. The molecule has 0 saturated carbocycles. The maximum atomic E-state index is 12.7. The van der Waals surface area contributed by atoms with E-state index in [4.69, 9.17) is 0 Å². The average Bonchev–Trinajstić information content (AvgIpc) is 2.67. The summed E-state index contributed by atoms with van der Waals surface area (Å²) in [5, 5.41) is 2.72. The highest BCUT2D eigenvalue weighted by Crippen LogP contribution is 2.29. The number of amides is 1. The van der Waals surface area contributed by atoms with Gasteiger partial charge in [0.25, 0.3) is 0 Å². The lowest BCUT2D eigenvalue weighted by Gasteiger charge is -2.34. The third kappa shape index (κ3) is 5.36. The molecule has 0 radical (unpaired) electrons. The lowest BCUT2D eigenvalue weighted by atomic mass is 10.1. The lowest BCUT2D eigenvalue weighted by molar-refractivity contribution is -0.137. The van der Waals surface area contributed by atoms with Crippen LogP contribution in [-0.4, -0.2) is 44.0 Å². The van der Waals surface area contributed by atoms with Gasteiger partial charge in [-0.3, -0.25) is 4.79 Å². The summed E-state index contributed by atoms with van der Waals surface area (Å²) in [7, 11) is 2.10. The van der Waals surface area contributed by atoms with E-state index in [1.807, 2.05) is 24.3 Å². The number of carbonyl (C=O) groups excluding carboxylic acids is 1. The molecule has 1 heterocycles. The Bertz CT molecular complexity index is 839. The summed E-state index contributed by atoms with van der Waals surface area (Å²) in [6, 6.07) is 12.4. The molecule has 1 fully saturated rings. The minimum Gasteiger partial charge on any atom is -0.369 e. The Morgan fingerprint density at radius 3 is 2.36 bits per heavy atom. The van der Waals surface area contributed by atoms with Gasteiger partial charge in [0.15, 0.2) is 0 Å². The molecule has 0 unspecified atom stereocenters. The van der Waals surface area contributed by atoms with Crippen molar-refractivity contribution >= 4 is 23.4 Å². The second-order valence-electron chi connectivity index (χ2n) is 6.78. The van der Waals surface area contributed by atoms with Gasteiger partial charge in [0.05, 0.1) is 5.56 Å². The highest BCUT2D eigenvalue weighted by atomic mass is 19.4. The zero-order valence-corrected chi connectivity index (χ0v) is 15.5. The summed E-state index contributed by atoms with van der Waals surface area (Å²) < 4.78 is 38.2. The maximum absolute atomic E-state index is 12.7. The van der Waals surface area contributed by atoms with Gasteiger partial charge in [0, 0.05) is 43.6 Å². The minimum absolute atomic E-state index is 0.315. The fraction of sp³-hybridized carbons (Fsp3) is 0.286. The van der Waals surface area contributed by atoms with Gasteiger partial charge in [-0.1, -0.05) is 12.1 Å². The van der Waals surface area contributed by atoms with E-state index in [0.717, 1.165) is 44.0 Å². The lowest BCUT2D eigenvalue weighted by Crippen LogP contribution is -2.44. The number of likely N-dealkylation sites (N-methyl/N-ethyl adjacent to an activating group) is 1. The van der Waals surface area contributed by atoms with Gasteiger partial charge in [-0.15, -0.1) is 0 Å². The largest absolute Gasteiger partial charge is 0.416 e. The first-order chi connectivity index (χ1) is 13.3. The van der Waals surface area contributed by atoms with Crippen molar-refractivity contribution in [3.05, 3.63) is 65.7 Å². The topological polar surface area (TPSA) is 35.6 Å². The molecule has 0 atom stereocenters. The number of alkyl halides is 3. The Morgan fingerprint density at radius 1 is 1.04 bits per heavy atom. The van der Waals surface area contributed by atoms with E-state index in [0.29, 0.717) is 11.3 Å². The van der Waals surface area contributed by atoms with Crippen LogP contribution >= 0.6 is 0 Å². The predicted octanol–water partition coefficient (Wildman–Crippen LogP) is 4.11. The first kappa shape index (κ1) is 19.9. The van der Waals surface area contributed by atoms with Crippen LogP contribution in [0.4, 0.5) is 24.5 Å². The number of hydrogen-bond acceptors (Lipinski definition) is 3. The van der Waals surface area contributed by atoms with Crippen molar-refractivity contribution < 1.29 is 18.0 Å². The Morgan fingerprint density at radius 2 is 1.71 bits per heavy atom. The third-order valence-electron chi connectivity index (χ3n) is 4.64. The SMILES string of the molecule is CN1CCN(c2ccc(NC(=O)/C=C/c3cccc(C(F)(F)F)c3)cc2)CC1. The van der Waals surface area contributed by atoms with Gasteiger partial charge >= 0.3 is 6.18 Å². The van der Waals surface area contributed by atoms with E-state index < -0.39 is 17.6 Å². The van der Waals surface area contributed by atoms with Gasteiger partial charge in [0.2, 0.25) is 5.91 Å².